The molecule has 1 aromatic carbocycles. The molecule has 0 spiro atoms. The molecule has 0 atom stereocenters. The van der Waals surface area contributed by atoms with Gasteiger partial charge in [-0.1, -0.05) is 32.9 Å². The third-order valence-electron chi connectivity index (χ3n) is 4.68. The summed E-state index contributed by atoms with van der Waals surface area (Å²) in [5, 5.41) is 3.06. The van der Waals surface area contributed by atoms with E-state index in [9.17, 15) is 13.2 Å². The SMILES string of the molecule is CCc1nc(N)nc(NC)c1CCC(C)(C)c1ccc(C(F)(F)F)cc1. The van der Waals surface area contributed by atoms with Gasteiger partial charge in [0.1, 0.15) is 5.82 Å². The van der Waals surface area contributed by atoms with Crippen molar-refractivity contribution >= 4 is 11.8 Å². The molecule has 2 rings (SSSR count). The van der Waals surface area contributed by atoms with Crippen molar-refractivity contribution in [2.75, 3.05) is 18.1 Å². The van der Waals surface area contributed by atoms with E-state index >= 15 is 0 Å². The van der Waals surface area contributed by atoms with Crippen LogP contribution in [0.5, 0.6) is 0 Å². The second kappa shape index (κ2) is 7.51. The van der Waals surface area contributed by atoms with Crippen molar-refractivity contribution in [3.05, 3.63) is 46.6 Å². The van der Waals surface area contributed by atoms with Crippen molar-refractivity contribution < 1.29 is 13.2 Å². The first-order valence-corrected chi connectivity index (χ1v) is 8.59. The van der Waals surface area contributed by atoms with Gasteiger partial charge in [0.05, 0.1) is 11.3 Å². The van der Waals surface area contributed by atoms with E-state index in [4.69, 9.17) is 5.73 Å². The minimum Gasteiger partial charge on any atom is -0.373 e. The van der Waals surface area contributed by atoms with Gasteiger partial charge in [-0.25, -0.2) is 4.98 Å². The third-order valence-corrected chi connectivity index (χ3v) is 4.68. The number of aromatic nitrogens is 2. The normalized spacial score (nSPS) is 12.3. The molecule has 0 fully saturated rings. The average molecular weight is 366 g/mol. The van der Waals surface area contributed by atoms with Crippen molar-refractivity contribution in [3.8, 4) is 0 Å². The second-order valence-corrected chi connectivity index (χ2v) is 6.92. The van der Waals surface area contributed by atoms with E-state index in [2.05, 4.69) is 15.3 Å². The highest BCUT2D eigenvalue weighted by Crippen LogP contribution is 2.34. The smallest absolute Gasteiger partial charge is 0.373 e. The number of nitrogens with two attached hydrogens (primary N) is 1. The number of nitrogen functional groups attached to an aromatic ring is 1. The number of anilines is 2. The van der Waals surface area contributed by atoms with Gasteiger partial charge in [-0.05, 0) is 42.4 Å². The largest absolute Gasteiger partial charge is 0.416 e. The minimum atomic E-state index is -4.32. The van der Waals surface area contributed by atoms with E-state index in [0.29, 0.717) is 12.2 Å². The summed E-state index contributed by atoms with van der Waals surface area (Å²) in [6, 6.07) is 5.39. The number of aryl methyl sites for hydroxylation is 1. The zero-order valence-corrected chi connectivity index (χ0v) is 15.5. The van der Waals surface area contributed by atoms with Gasteiger partial charge in [-0.3, -0.25) is 0 Å². The van der Waals surface area contributed by atoms with Crippen molar-refractivity contribution in [1.82, 2.24) is 9.97 Å². The first-order valence-electron chi connectivity index (χ1n) is 8.59. The van der Waals surface area contributed by atoms with Crippen molar-refractivity contribution in [2.24, 2.45) is 0 Å². The van der Waals surface area contributed by atoms with Crippen LogP contribution in [-0.2, 0) is 24.4 Å². The number of rotatable bonds is 6. The Kier molecular flexibility index (Phi) is 5.78. The van der Waals surface area contributed by atoms with Crippen LogP contribution in [0.4, 0.5) is 24.9 Å². The van der Waals surface area contributed by atoms with E-state index in [1.807, 2.05) is 20.8 Å². The first-order chi connectivity index (χ1) is 12.1. The van der Waals surface area contributed by atoms with Crippen LogP contribution in [0.15, 0.2) is 24.3 Å². The second-order valence-electron chi connectivity index (χ2n) is 6.92. The summed E-state index contributed by atoms with van der Waals surface area (Å²) >= 11 is 0. The minimum absolute atomic E-state index is 0.233. The fourth-order valence-corrected chi connectivity index (χ4v) is 3.00. The van der Waals surface area contributed by atoms with Crippen LogP contribution in [0.2, 0.25) is 0 Å². The Morgan fingerprint density at radius 2 is 1.62 bits per heavy atom. The van der Waals surface area contributed by atoms with Crippen LogP contribution in [0.1, 0.15) is 49.6 Å². The number of alkyl halides is 3. The number of benzene rings is 1. The lowest BCUT2D eigenvalue weighted by Gasteiger charge is -2.26. The molecule has 2 aromatic rings. The standard InChI is InChI=1S/C19H25F3N4/c1-5-15-14(16(24-4)26-17(23)25-15)10-11-18(2,3)12-6-8-13(9-7-12)19(20,21)22/h6-9H,5,10-11H2,1-4H3,(H3,23,24,25,26). The zero-order valence-electron chi connectivity index (χ0n) is 15.5. The maximum absolute atomic E-state index is 12.8. The summed E-state index contributed by atoms with van der Waals surface area (Å²) in [5.41, 5.74) is 7.59. The van der Waals surface area contributed by atoms with Crippen LogP contribution in [0, 0.1) is 0 Å². The Balaban J connectivity index is 2.23. The van der Waals surface area contributed by atoms with E-state index < -0.39 is 11.7 Å². The van der Waals surface area contributed by atoms with E-state index in [1.165, 1.54) is 0 Å². The lowest BCUT2D eigenvalue weighted by Crippen LogP contribution is -2.20. The molecular formula is C19H25F3N4. The third kappa shape index (κ3) is 4.45. The molecule has 3 N–H and O–H groups in total. The van der Waals surface area contributed by atoms with Gasteiger partial charge in [0.2, 0.25) is 5.95 Å². The highest BCUT2D eigenvalue weighted by molar-refractivity contribution is 5.49. The molecule has 0 saturated carbocycles. The summed E-state index contributed by atoms with van der Waals surface area (Å²) in [4.78, 5) is 8.56. The van der Waals surface area contributed by atoms with Gasteiger partial charge in [0.15, 0.2) is 0 Å². The van der Waals surface area contributed by atoms with Crippen LogP contribution in [0.3, 0.4) is 0 Å². The predicted octanol–water partition coefficient (Wildman–Crippen LogP) is 4.59. The molecule has 142 valence electrons. The number of hydrogen-bond acceptors (Lipinski definition) is 4. The topological polar surface area (TPSA) is 63.8 Å². The van der Waals surface area contributed by atoms with Crippen LogP contribution >= 0.6 is 0 Å². The summed E-state index contributed by atoms with van der Waals surface area (Å²) in [6.45, 7) is 6.06. The number of halogens is 3. The van der Waals surface area contributed by atoms with Gasteiger partial charge in [0, 0.05) is 12.6 Å². The molecule has 7 heteroatoms. The molecule has 1 aromatic heterocycles. The van der Waals surface area contributed by atoms with Gasteiger partial charge < -0.3 is 11.1 Å². The highest BCUT2D eigenvalue weighted by atomic mass is 19.4. The Labute approximate surface area is 152 Å². The van der Waals surface area contributed by atoms with Crippen molar-refractivity contribution in [2.45, 2.75) is 51.6 Å². The lowest BCUT2D eigenvalue weighted by atomic mass is 9.79. The maximum Gasteiger partial charge on any atom is 0.416 e. The molecule has 0 unspecified atom stereocenters. The van der Waals surface area contributed by atoms with Crippen molar-refractivity contribution in [3.63, 3.8) is 0 Å². The molecular weight excluding hydrogens is 341 g/mol. The van der Waals surface area contributed by atoms with E-state index in [-0.39, 0.29) is 11.4 Å². The fraction of sp³-hybridized carbons (Fsp3) is 0.474. The molecule has 0 bridgehead atoms. The van der Waals surface area contributed by atoms with Gasteiger partial charge in [-0.2, -0.15) is 18.2 Å². The molecule has 26 heavy (non-hydrogen) atoms. The van der Waals surface area contributed by atoms with Crippen LogP contribution < -0.4 is 11.1 Å². The predicted molar refractivity (Wildman–Crippen MR) is 98.2 cm³/mol. The molecule has 0 radical (unpaired) electrons. The van der Waals surface area contributed by atoms with E-state index in [1.54, 1.807) is 19.2 Å². The molecule has 0 aliphatic rings. The maximum atomic E-state index is 12.8. The zero-order chi connectivity index (χ0) is 19.5. The molecule has 1 heterocycles. The highest BCUT2D eigenvalue weighted by Gasteiger charge is 2.31. The lowest BCUT2D eigenvalue weighted by molar-refractivity contribution is -0.137. The number of nitrogens with zero attached hydrogens (tertiary/aromatic N) is 2. The summed E-state index contributed by atoms with van der Waals surface area (Å²) < 4.78 is 38.3. The Morgan fingerprint density at radius 3 is 2.12 bits per heavy atom. The fourth-order valence-electron chi connectivity index (χ4n) is 3.00. The van der Waals surface area contributed by atoms with Gasteiger partial charge in [-0.15, -0.1) is 0 Å². The van der Waals surface area contributed by atoms with Crippen molar-refractivity contribution in [1.29, 1.82) is 0 Å². The summed E-state index contributed by atoms with van der Waals surface area (Å²) in [6.07, 6.45) is -2.14. The molecule has 0 aliphatic carbocycles. The Bertz CT molecular complexity index is 727. The van der Waals surface area contributed by atoms with E-state index in [0.717, 1.165) is 41.8 Å². The average Bonchev–Trinajstić information content (AvgIpc) is 2.59. The van der Waals surface area contributed by atoms with Crippen LogP contribution in [-0.4, -0.2) is 17.0 Å². The summed E-state index contributed by atoms with van der Waals surface area (Å²) in [7, 11) is 1.78. The number of nitrogens with one attached hydrogen (secondary N) is 1. The van der Waals surface area contributed by atoms with Gasteiger partial charge >= 0.3 is 6.18 Å². The Morgan fingerprint density at radius 1 is 1.04 bits per heavy atom. The quantitative estimate of drug-likeness (QED) is 0.785. The Hall–Kier alpha value is -2.31. The first kappa shape index (κ1) is 20.0. The number of hydrogen-bond donors (Lipinski definition) is 2. The summed E-state index contributed by atoms with van der Waals surface area (Å²) in [5.74, 6) is 0.939. The monoisotopic (exact) mass is 366 g/mol. The molecule has 4 nitrogen and oxygen atoms in total. The molecule has 0 amide bonds. The molecule has 0 saturated heterocycles. The van der Waals surface area contributed by atoms with Crippen LogP contribution in [0.25, 0.3) is 0 Å². The van der Waals surface area contributed by atoms with Gasteiger partial charge in [0.25, 0.3) is 0 Å². The molecule has 0 aliphatic heterocycles.